The maximum Gasteiger partial charge on any atom is 0.310 e. The van der Waals surface area contributed by atoms with Crippen LogP contribution in [-0.2, 0) is 20.9 Å². The summed E-state index contributed by atoms with van der Waals surface area (Å²) in [5.74, 6) is -0.772. The maximum absolute atomic E-state index is 11.9. The molecule has 3 rings (SSSR count). The normalized spacial score (nSPS) is 18.2. The van der Waals surface area contributed by atoms with Crippen LogP contribution in [0.4, 0.5) is 0 Å². The first-order valence-electron chi connectivity index (χ1n) is 6.73. The molecular formula is C15H15N3O3. The zero-order valence-corrected chi connectivity index (χ0v) is 11.7. The highest BCUT2D eigenvalue weighted by Crippen LogP contribution is 2.21. The van der Waals surface area contributed by atoms with E-state index in [1.54, 1.807) is 11.1 Å². The van der Waals surface area contributed by atoms with Crippen LogP contribution in [0.15, 0.2) is 30.5 Å². The van der Waals surface area contributed by atoms with Gasteiger partial charge in [-0.15, -0.1) is 0 Å². The molecule has 0 N–H and O–H groups in total. The van der Waals surface area contributed by atoms with Crippen molar-refractivity contribution >= 4 is 22.9 Å². The van der Waals surface area contributed by atoms with Crippen molar-refractivity contribution < 1.29 is 14.3 Å². The van der Waals surface area contributed by atoms with E-state index in [-0.39, 0.29) is 24.2 Å². The Morgan fingerprint density at radius 3 is 2.90 bits per heavy atom. The number of esters is 1. The van der Waals surface area contributed by atoms with Crippen molar-refractivity contribution in [2.75, 3.05) is 13.7 Å². The first-order valence-corrected chi connectivity index (χ1v) is 6.73. The van der Waals surface area contributed by atoms with E-state index < -0.39 is 0 Å². The number of fused-ring (bicyclic) bond motifs is 1. The molecule has 1 aliphatic rings. The zero-order chi connectivity index (χ0) is 14.8. The third-order valence-corrected chi connectivity index (χ3v) is 3.60. The minimum absolute atomic E-state index is 0.0552. The van der Waals surface area contributed by atoms with Crippen LogP contribution >= 0.6 is 0 Å². The lowest BCUT2D eigenvalue weighted by Crippen LogP contribution is -2.26. The van der Waals surface area contributed by atoms with Gasteiger partial charge in [-0.25, -0.2) is 4.98 Å². The molecule has 2 heterocycles. The fourth-order valence-electron chi connectivity index (χ4n) is 2.52. The molecule has 1 aromatic heterocycles. The van der Waals surface area contributed by atoms with Gasteiger partial charge in [-0.2, -0.15) is 0 Å². The summed E-state index contributed by atoms with van der Waals surface area (Å²) in [5, 5.41) is 0. The average Bonchev–Trinajstić information content (AvgIpc) is 2.87. The van der Waals surface area contributed by atoms with E-state index in [9.17, 15) is 9.59 Å². The molecule has 6 nitrogen and oxygen atoms in total. The van der Waals surface area contributed by atoms with Gasteiger partial charge in [0.1, 0.15) is 0 Å². The van der Waals surface area contributed by atoms with Crippen molar-refractivity contribution in [1.82, 2.24) is 14.9 Å². The Kier molecular flexibility index (Phi) is 3.51. The second-order valence-electron chi connectivity index (χ2n) is 5.05. The fraction of sp³-hybridized carbons (Fsp3) is 0.333. The molecule has 1 unspecified atom stereocenters. The number of ether oxygens (including phenoxy) is 1. The van der Waals surface area contributed by atoms with Gasteiger partial charge in [0, 0.05) is 13.0 Å². The zero-order valence-electron chi connectivity index (χ0n) is 11.7. The average molecular weight is 285 g/mol. The molecule has 1 aliphatic heterocycles. The van der Waals surface area contributed by atoms with Crippen LogP contribution in [0.3, 0.4) is 0 Å². The Labute approximate surface area is 121 Å². The van der Waals surface area contributed by atoms with Crippen molar-refractivity contribution in [1.29, 1.82) is 0 Å². The summed E-state index contributed by atoms with van der Waals surface area (Å²) in [6.45, 7) is 0.740. The van der Waals surface area contributed by atoms with E-state index in [4.69, 9.17) is 4.74 Å². The van der Waals surface area contributed by atoms with Crippen molar-refractivity contribution in [3.05, 3.63) is 36.2 Å². The van der Waals surface area contributed by atoms with Gasteiger partial charge in [-0.05, 0) is 12.1 Å². The number of nitrogens with zero attached hydrogens (tertiary/aromatic N) is 3. The van der Waals surface area contributed by atoms with Crippen molar-refractivity contribution in [2.24, 2.45) is 5.92 Å². The molecular weight excluding hydrogens is 270 g/mol. The molecule has 1 aromatic carbocycles. The van der Waals surface area contributed by atoms with Gasteiger partial charge < -0.3 is 9.64 Å². The summed E-state index contributed by atoms with van der Waals surface area (Å²) in [4.78, 5) is 33.9. The first-order chi connectivity index (χ1) is 10.2. The van der Waals surface area contributed by atoms with Crippen molar-refractivity contribution in [3.8, 4) is 0 Å². The number of benzene rings is 1. The smallest absolute Gasteiger partial charge is 0.310 e. The highest BCUT2D eigenvalue weighted by atomic mass is 16.5. The van der Waals surface area contributed by atoms with Crippen LogP contribution in [0.2, 0.25) is 0 Å². The minimum atomic E-state index is -0.379. The molecule has 0 bridgehead atoms. The molecule has 1 atom stereocenters. The van der Waals surface area contributed by atoms with Gasteiger partial charge in [0.2, 0.25) is 5.91 Å². The molecule has 1 saturated heterocycles. The summed E-state index contributed by atoms with van der Waals surface area (Å²) >= 11 is 0. The van der Waals surface area contributed by atoms with Gasteiger partial charge in [0.25, 0.3) is 0 Å². The van der Waals surface area contributed by atoms with Crippen LogP contribution in [0, 0.1) is 5.92 Å². The molecule has 0 spiro atoms. The van der Waals surface area contributed by atoms with E-state index in [1.165, 1.54) is 7.11 Å². The standard InChI is InChI=1S/C15H15N3O3/c1-21-15(20)10-6-14(19)18(8-10)9-11-7-16-12-4-2-3-5-13(12)17-11/h2-5,7,10H,6,8-9H2,1H3. The number of hydrogen-bond donors (Lipinski definition) is 0. The van der Waals surface area contributed by atoms with Gasteiger partial charge in [-0.1, -0.05) is 12.1 Å². The molecule has 1 amide bonds. The first kappa shape index (κ1) is 13.5. The summed E-state index contributed by atoms with van der Waals surface area (Å²) < 4.78 is 4.69. The fourth-order valence-corrected chi connectivity index (χ4v) is 2.52. The van der Waals surface area contributed by atoms with E-state index in [2.05, 4.69) is 9.97 Å². The molecule has 21 heavy (non-hydrogen) atoms. The maximum atomic E-state index is 11.9. The lowest BCUT2D eigenvalue weighted by molar-refractivity contribution is -0.145. The van der Waals surface area contributed by atoms with Gasteiger partial charge in [0.15, 0.2) is 0 Å². The van der Waals surface area contributed by atoms with Crippen LogP contribution in [0.25, 0.3) is 11.0 Å². The number of carbonyl (C=O) groups excluding carboxylic acids is 2. The van der Waals surface area contributed by atoms with Crippen LogP contribution in [0.5, 0.6) is 0 Å². The Balaban J connectivity index is 1.76. The number of carbonyl (C=O) groups is 2. The molecule has 0 radical (unpaired) electrons. The van der Waals surface area contributed by atoms with Crippen LogP contribution in [-0.4, -0.2) is 40.4 Å². The topological polar surface area (TPSA) is 72.4 Å². The monoisotopic (exact) mass is 285 g/mol. The van der Waals surface area contributed by atoms with Crippen molar-refractivity contribution in [2.45, 2.75) is 13.0 Å². The lowest BCUT2D eigenvalue weighted by Gasteiger charge is -2.15. The van der Waals surface area contributed by atoms with E-state index in [0.717, 1.165) is 11.0 Å². The third-order valence-electron chi connectivity index (χ3n) is 3.60. The number of aromatic nitrogens is 2. The number of hydrogen-bond acceptors (Lipinski definition) is 5. The summed E-state index contributed by atoms with van der Waals surface area (Å²) in [6.07, 6.45) is 1.87. The van der Waals surface area contributed by atoms with E-state index in [0.29, 0.717) is 18.8 Å². The number of likely N-dealkylation sites (tertiary alicyclic amines) is 1. The number of rotatable bonds is 3. The van der Waals surface area contributed by atoms with Gasteiger partial charge >= 0.3 is 5.97 Å². The molecule has 0 aliphatic carbocycles. The molecule has 108 valence electrons. The highest BCUT2D eigenvalue weighted by Gasteiger charge is 2.35. The molecule has 1 fully saturated rings. The van der Waals surface area contributed by atoms with E-state index in [1.807, 2.05) is 24.3 Å². The number of methoxy groups -OCH3 is 1. The summed E-state index contributed by atoms with van der Waals surface area (Å²) in [7, 11) is 1.34. The Bertz CT molecular complexity index is 701. The SMILES string of the molecule is COC(=O)C1CC(=O)N(Cc2cnc3ccccc3n2)C1. The lowest BCUT2D eigenvalue weighted by atomic mass is 10.1. The Morgan fingerprint density at radius 2 is 2.14 bits per heavy atom. The van der Waals surface area contributed by atoms with Crippen LogP contribution < -0.4 is 0 Å². The molecule has 0 saturated carbocycles. The predicted molar refractivity (Wildman–Crippen MR) is 75.1 cm³/mol. The van der Waals surface area contributed by atoms with Gasteiger partial charge in [-0.3, -0.25) is 14.6 Å². The second kappa shape index (κ2) is 5.47. The minimum Gasteiger partial charge on any atom is -0.469 e. The van der Waals surface area contributed by atoms with Crippen LogP contribution in [0.1, 0.15) is 12.1 Å². The number of amides is 1. The van der Waals surface area contributed by atoms with E-state index >= 15 is 0 Å². The molecule has 6 heteroatoms. The number of para-hydroxylation sites is 2. The Hall–Kier alpha value is -2.50. The summed E-state index contributed by atoms with van der Waals surface area (Å²) in [6, 6.07) is 7.58. The largest absolute Gasteiger partial charge is 0.469 e. The summed E-state index contributed by atoms with van der Waals surface area (Å²) in [5.41, 5.74) is 2.33. The van der Waals surface area contributed by atoms with Crippen molar-refractivity contribution in [3.63, 3.8) is 0 Å². The molecule has 2 aromatic rings. The highest BCUT2D eigenvalue weighted by molar-refractivity contribution is 5.86. The predicted octanol–water partition coefficient (Wildman–Crippen LogP) is 1.15. The van der Waals surface area contributed by atoms with Gasteiger partial charge in [0.05, 0.1) is 42.5 Å². The second-order valence-corrected chi connectivity index (χ2v) is 5.05. The quantitative estimate of drug-likeness (QED) is 0.791. The third kappa shape index (κ3) is 2.69. The Morgan fingerprint density at radius 1 is 1.38 bits per heavy atom.